The molecule has 104 valence electrons. The average molecular weight is 258 g/mol. The number of hydrogen-bond acceptors (Lipinski definition) is 2. The van der Waals surface area contributed by atoms with Crippen molar-refractivity contribution < 1.29 is 0 Å². The minimum atomic E-state index is 0.989. The Labute approximate surface area is 117 Å². The number of likely N-dealkylation sites (tertiary alicyclic amines) is 1. The van der Waals surface area contributed by atoms with Crippen LogP contribution in [0, 0.1) is 0 Å². The van der Waals surface area contributed by atoms with Gasteiger partial charge in [-0.25, -0.2) is 0 Å². The molecule has 1 fully saturated rings. The monoisotopic (exact) mass is 258 g/mol. The topological polar surface area (TPSA) is 15.3 Å². The second kappa shape index (κ2) is 8.13. The molecule has 2 heteroatoms. The van der Waals surface area contributed by atoms with Gasteiger partial charge in [-0.15, -0.1) is 0 Å². The SMILES string of the molecule is C/C(=C\c1ccccc1)CNCCN1CCCCC1. The van der Waals surface area contributed by atoms with E-state index in [9.17, 15) is 0 Å². The molecule has 0 saturated carbocycles. The van der Waals surface area contributed by atoms with Crippen molar-refractivity contribution in [1.82, 2.24) is 10.2 Å². The summed E-state index contributed by atoms with van der Waals surface area (Å²) < 4.78 is 0. The first kappa shape index (κ1) is 14.3. The van der Waals surface area contributed by atoms with Crippen molar-refractivity contribution in [2.45, 2.75) is 26.2 Å². The summed E-state index contributed by atoms with van der Waals surface area (Å²) in [5.41, 5.74) is 2.68. The molecule has 0 atom stereocenters. The number of benzene rings is 1. The molecule has 1 aromatic carbocycles. The molecule has 0 bridgehead atoms. The number of rotatable bonds is 6. The molecule has 1 N–H and O–H groups in total. The lowest BCUT2D eigenvalue weighted by Gasteiger charge is -2.26. The Morgan fingerprint density at radius 2 is 1.89 bits per heavy atom. The minimum Gasteiger partial charge on any atom is -0.312 e. The smallest absolute Gasteiger partial charge is 0.0165 e. The molecule has 1 aliphatic rings. The van der Waals surface area contributed by atoms with E-state index in [-0.39, 0.29) is 0 Å². The van der Waals surface area contributed by atoms with Gasteiger partial charge < -0.3 is 10.2 Å². The van der Waals surface area contributed by atoms with Crippen LogP contribution in [-0.4, -0.2) is 37.6 Å². The predicted octanol–water partition coefficient (Wildman–Crippen LogP) is 3.17. The van der Waals surface area contributed by atoms with Gasteiger partial charge in [-0.3, -0.25) is 0 Å². The van der Waals surface area contributed by atoms with Crippen molar-refractivity contribution in [3.05, 3.63) is 41.5 Å². The molecular weight excluding hydrogens is 232 g/mol. The Morgan fingerprint density at radius 1 is 1.16 bits per heavy atom. The molecule has 0 radical (unpaired) electrons. The summed E-state index contributed by atoms with van der Waals surface area (Å²) in [5.74, 6) is 0. The van der Waals surface area contributed by atoms with Crippen molar-refractivity contribution in [3.8, 4) is 0 Å². The fourth-order valence-electron chi connectivity index (χ4n) is 2.59. The Balaban J connectivity index is 1.63. The van der Waals surface area contributed by atoms with Crippen molar-refractivity contribution in [1.29, 1.82) is 0 Å². The van der Waals surface area contributed by atoms with E-state index in [0.717, 1.165) is 13.1 Å². The summed E-state index contributed by atoms with van der Waals surface area (Å²) in [6.45, 7) is 8.06. The average Bonchev–Trinajstić information content (AvgIpc) is 2.46. The summed E-state index contributed by atoms with van der Waals surface area (Å²) in [6, 6.07) is 10.5. The number of nitrogens with one attached hydrogen (secondary N) is 1. The van der Waals surface area contributed by atoms with Crippen LogP contribution in [0.5, 0.6) is 0 Å². The van der Waals surface area contributed by atoms with E-state index in [1.54, 1.807) is 0 Å². The molecule has 19 heavy (non-hydrogen) atoms. The first-order valence-corrected chi connectivity index (χ1v) is 7.50. The molecule has 0 amide bonds. The number of piperidine rings is 1. The normalized spacial score (nSPS) is 17.6. The van der Waals surface area contributed by atoms with Gasteiger partial charge in [0.25, 0.3) is 0 Å². The van der Waals surface area contributed by atoms with Crippen LogP contribution in [0.15, 0.2) is 35.9 Å². The first-order chi connectivity index (χ1) is 9.34. The van der Waals surface area contributed by atoms with Crippen LogP contribution in [-0.2, 0) is 0 Å². The quantitative estimate of drug-likeness (QED) is 0.789. The largest absolute Gasteiger partial charge is 0.312 e. The molecule has 1 heterocycles. The molecule has 0 unspecified atom stereocenters. The highest BCUT2D eigenvalue weighted by Crippen LogP contribution is 2.07. The van der Waals surface area contributed by atoms with Crippen molar-refractivity contribution in [2.75, 3.05) is 32.7 Å². The van der Waals surface area contributed by atoms with Crippen molar-refractivity contribution in [3.63, 3.8) is 0 Å². The van der Waals surface area contributed by atoms with Crippen LogP contribution in [0.1, 0.15) is 31.7 Å². The maximum atomic E-state index is 3.54. The summed E-state index contributed by atoms with van der Waals surface area (Å²) in [7, 11) is 0. The highest BCUT2D eigenvalue weighted by atomic mass is 15.1. The third kappa shape index (κ3) is 5.58. The molecule has 0 aliphatic carbocycles. The lowest BCUT2D eigenvalue weighted by molar-refractivity contribution is 0.230. The van der Waals surface area contributed by atoms with Gasteiger partial charge in [-0.05, 0) is 38.4 Å². The summed E-state index contributed by atoms with van der Waals surface area (Å²) in [5, 5.41) is 3.54. The zero-order valence-corrected chi connectivity index (χ0v) is 12.1. The van der Waals surface area contributed by atoms with E-state index in [2.05, 4.69) is 53.5 Å². The van der Waals surface area contributed by atoms with E-state index in [0.29, 0.717) is 0 Å². The lowest BCUT2D eigenvalue weighted by atomic mass is 10.1. The van der Waals surface area contributed by atoms with Crippen molar-refractivity contribution >= 4 is 6.08 Å². The summed E-state index contributed by atoms with van der Waals surface area (Å²) >= 11 is 0. The maximum Gasteiger partial charge on any atom is 0.0165 e. The fourth-order valence-corrected chi connectivity index (χ4v) is 2.59. The summed E-state index contributed by atoms with van der Waals surface area (Å²) in [6.07, 6.45) is 6.44. The van der Waals surface area contributed by atoms with Gasteiger partial charge in [0.15, 0.2) is 0 Å². The van der Waals surface area contributed by atoms with E-state index >= 15 is 0 Å². The molecule has 0 aromatic heterocycles. The second-order valence-corrected chi connectivity index (χ2v) is 5.48. The third-order valence-corrected chi connectivity index (χ3v) is 3.67. The highest BCUT2D eigenvalue weighted by molar-refractivity contribution is 5.52. The Bertz CT molecular complexity index is 378. The Kier molecular flexibility index (Phi) is 6.12. The molecule has 1 aliphatic heterocycles. The van der Waals surface area contributed by atoms with Crippen LogP contribution in [0.2, 0.25) is 0 Å². The fraction of sp³-hybridized carbons (Fsp3) is 0.529. The molecule has 1 aromatic rings. The van der Waals surface area contributed by atoms with Gasteiger partial charge in [0.1, 0.15) is 0 Å². The van der Waals surface area contributed by atoms with Gasteiger partial charge in [0.2, 0.25) is 0 Å². The van der Waals surface area contributed by atoms with Gasteiger partial charge in [0.05, 0.1) is 0 Å². The van der Waals surface area contributed by atoms with Gasteiger partial charge in [-0.1, -0.05) is 48.4 Å². The van der Waals surface area contributed by atoms with Crippen LogP contribution >= 0.6 is 0 Å². The maximum absolute atomic E-state index is 3.54. The highest BCUT2D eigenvalue weighted by Gasteiger charge is 2.08. The molecule has 2 rings (SSSR count). The predicted molar refractivity (Wildman–Crippen MR) is 83.3 cm³/mol. The zero-order chi connectivity index (χ0) is 13.3. The number of nitrogens with zero attached hydrogens (tertiary/aromatic N) is 1. The standard InChI is InChI=1S/C17H26N2/c1-16(14-17-8-4-2-5-9-17)15-18-10-13-19-11-6-3-7-12-19/h2,4-5,8-9,14,18H,3,6-7,10-13,15H2,1H3/b16-14+. The van der Waals surface area contributed by atoms with Crippen LogP contribution in [0.3, 0.4) is 0 Å². The minimum absolute atomic E-state index is 0.989. The van der Waals surface area contributed by atoms with Crippen molar-refractivity contribution in [2.24, 2.45) is 0 Å². The van der Waals surface area contributed by atoms with Crippen LogP contribution < -0.4 is 5.32 Å². The molecule has 0 spiro atoms. The first-order valence-electron chi connectivity index (χ1n) is 7.50. The van der Waals surface area contributed by atoms with E-state index in [1.807, 2.05) is 0 Å². The van der Waals surface area contributed by atoms with E-state index < -0.39 is 0 Å². The van der Waals surface area contributed by atoms with E-state index in [4.69, 9.17) is 0 Å². The lowest BCUT2D eigenvalue weighted by Crippen LogP contribution is -2.36. The Hall–Kier alpha value is -1.12. The Morgan fingerprint density at radius 3 is 2.63 bits per heavy atom. The van der Waals surface area contributed by atoms with Crippen LogP contribution in [0.4, 0.5) is 0 Å². The zero-order valence-electron chi connectivity index (χ0n) is 12.1. The second-order valence-electron chi connectivity index (χ2n) is 5.48. The molecular formula is C17H26N2. The number of hydrogen-bond donors (Lipinski definition) is 1. The van der Waals surface area contributed by atoms with Crippen LogP contribution in [0.25, 0.3) is 6.08 Å². The third-order valence-electron chi connectivity index (χ3n) is 3.67. The summed E-state index contributed by atoms with van der Waals surface area (Å²) in [4.78, 5) is 2.58. The van der Waals surface area contributed by atoms with Gasteiger partial charge >= 0.3 is 0 Å². The van der Waals surface area contributed by atoms with Gasteiger partial charge in [-0.2, -0.15) is 0 Å². The molecule has 2 nitrogen and oxygen atoms in total. The van der Waals surface area contributed by atoms with Gasteiger partial charge in [0, 0.05) is 19.6 Å². The molecule has 1 saturated heterocycles. The van der Waals surface area contributed by atoms with E-state index in [1.165, 1.54) is 50.0 Å².